The molecule has 0 aliphatic heterocycles. The zero-order chi connectivity index (χ0) is 17.9. The lowest BCUT2D eigenvalue weighted by Crippen LogP contribution is -2.12. The number of rotatable bonds is 3. The molecule has 0 spiro atoms. The van der Waals surface area contributed by atoms with Crippen molar-refractivity contribution >= 4 is 22.9 Å². The van der Waals surface area contributed by atoms with Crippen LogP contribution in [0.3, 0.4) is 0 Å². The molecule has 0 aliphatic rings. The number of hydrogen-bond acceptors (Lipinski definition) is 3. The maximum Gasteiger partial charge on any atom is 0.345 e. The van der Waals surface area contributed by atoms with Crippen LogP contribution in [0.1, 0.15) is 11.3 Å². The summed E-state index contributed by atoms with van der Waals surface area (Å²) >= 11 is 0. The van der Waals surface area contributed by atoms with Crippen molar-refractivity contribution in [2.75, 3.05) is 0 Å². The monoisotopic (exact) mass is 340 g/mol. The Morgan fingerprint density at radius 3 is 2.50 bits per heavy atom. The summed E-state index contributed by atoms with van der Waals surface area (Å²) in [6.07, 6.45) is 3.58. The summed E-state index contributed by atoms with van der Waals surface area (Å²) in [5, 5.41) is 12.2. The van der Waals surface area contributed by atoms with Crippen LogP contribution in [-0.2, 0) is 0 Å². The van der Waals surface area contributed by atoms with Gasteiger partial charge in [-0.3, -0.25) is 0 Å². The molecule has 0 bridgehead atoms. The van der Waals surface area contributed by atoms with Gasteiger partial charge in [0.25, 0.3) is 0 Å². The van der Waals surface area contributed by atoms with Crippen LogP contribution in [0, 0.1) is 0 Å². The first-order chi connectivity index (χ1) is 12.7. The van der Waals surface area contributed by atoms with Gasteiger partial charge in [-0.2, -0.15) is 4.98 Å². The SMILES string of the molecule is O=c1nc(-c2ccccc2)cc(C=Cc2c(O)ccc3ccccc23)[nH]1. The number of aromatic hydroxyl groups is 1. The highest BCUT2D eigenvalue weighted by atomic mass is 16.3. The molecule has 1 heterocycles. The minimum atomic E-state index is -0.409. The molecule has 0 radical (unpaired) electrons. The Morgan fingerprint density at radius 2 is 1.65 bits per heavy atom. The van der Waals surface area contributed by atoms with E-state index in [9.17, 15) is 9.90 Å². The summed E-state index contributed by atoms with van der Waals surface area (Å²) in [7, 11) is 0. The molecular formula is C22H16N2O2. The Labute approximate surface area is 150 Å². The number of hydrogen-bond donors (Lipinski definition) is 2. The highest BCUT2D eigenvalue weighted by Gasteiger charge is 2.05. The van der Waals surface area contributed by atoms with Gasteiger partial charge in [0.15, 0.2) is 0 Å². The second-order valence-corrected chi connectivity index (χ2v) is 5.95. The van der Waals surface area contributed by atoms with Crippen molar-refractivity contribution in [1.29, 1.82) is 0 Å². The van der Waals surface area contributed by atoms with Crippen LogP contribution in [0.5, 0.6) is 5.75 Å². The number of nitrogens with one attached hydrogen (secondary N) is 1. The Kier molecular flexibility index (Phi) is 4.07. The van der Waals surface area contributed by atoms with Crippen molar-refractivity contribution in [2.24, 2.45) is 0 Å². The second kappa shape index (κ2) is 6.69. The van der Waals surface area contributed by atoms with Gasteiger partial charge in [-0.25, -0.2) is 4.79 Å². The zero-order valence-corrected chi connectivity index (χ0v) is 13.9. The van der Waals surface area contributed by atoms with Crippen LogP contribution in [-0.4, -0.2) is 15.1 Å². The number of phenolic OH excluding ortho intramolecular Hbond substituents is 1. The Hall–Kier alpha value is -3.66. The lowest BCUT2D eigenvalue weighted by Gasteiger charge is -2.05. The standard InChI is InChI=1S/C22H16N2O2/c25-21-13-10-15-6-4-5-9-18(15)19(21)12-11-17-14-20(24-22(26)23-17)16-7-2-1-3-8-16/h1-14,25H,(H,23,24,26). The first kappa shape index (κ1) is 15.8. The fraction of sp³-hybridized carbons (Fsp3) is 0. The van der Waals surface area contributed by atoms with E-state index in [4.69, 9.17) is 0 Å². The van der Waals surface area contributed by atoms with E-state index in [1.807, 2.05) is 66.7 Å². The van der Waals surface area contributed by atoms with Gasteiger partial charge >= 0.3 is 5.69 Å². The largest absolute Gasteiger partial charge is 0.507 e. The third kappa shape index (κ3) is 3.13. The second-order valence-electron chi connectivity index (χ2n) is 5.95. The topological polar surface area (TPSA) is 66.0 Å². The third-order valence-electron chi connectivity index (χ3n) is 4.21. The number of H-pyrrole nitrogens is 1. The Bertz CT molecular complexity index is 1160. The molecule has 0 atom stereocenters. The Morgan fingerprint density at radius 1 is 0.885 bits per heavy atom. The predicted molar refractivity (Wildman–Crippen MR) is 105 cm³/mol. The van der Waals surface area contributed by atoms with E-state index in [-0.39, 0.29) is 5.75 Å². The van der Waals surface area contributed by atoms with Crippen LogP contribution in [0.15, 0.2) is 77.6 Å². The molecule has 26 heavy (non-hydrogen) atoms. The van der Waals surface area contributed by atoms with Gasteiger partial charge < -0.3 is 10.1 Å². The predicted octanol–water partition coefficient (Wildman–Crippen LogP) is 4.47. The Balaban J connectivity index is 1.78. The fourth-order valence-electron chi connectivity index (χ4n) is 2.96. The van der Waals surface area contributed by atoms with Gasteiger partial charge in [-0.05, 0) is 35.1 Å². The molecule has 0 fully saturated rings. The molecule has 126 valence electrons. The number of fused-ring (bicyclic) bond motifs is 1. The number of aromatic amines is 1. The van der Waals surface area contributed by atoms with E-state index >= 15 is 0 Å². The first-order valence-corrected chi connectivity index (χ1v) is 8.26. The molecule has 4 nitrogen and oxygen atoms in total. The van der Waals surface area contributed by atoms with Gasteiger partial charge in [0.05, 0.1) is 5.69 Å². The first-order valence-electron chi connectivity index (χ1n) is 8.26. The molecule has 0 unspecified atom stereocenters. The van der Waals surface area contributed by atoms with Crippen molar-refractivity contribution in [3.8, 4) is 17.0 Å². The molecule has 3 aromatic carbocycles. The molecule has 0 amide bonds. The van der Waals surface area contributed by atoms with Crippen LogP contribution >= 0.6 is 0 Å². The molecule has 0 saturated heterocycles. The van der Waals surface area contributed by atoms with Gasteiger partial charge in [0, 0.05) is 16.8 Å². The average Bonchev–Trinajstić information content (AvgIpc) is 2.67. The maximum absolute atomic E-state index is 11.9. The van der Waals surface area contributed by atoms with E-state index in [1.165, 1.54) is 0 Å². The van der Waals surface area contributed by atoms with Gasteiger partial charge in [-0.1, -0.05) is 60.7 Å². The number of aromatic nitrogens is 2. The van der Waals surface area contributed by atoms with E-state index in [0.717, 1.165) is 16.3 Å². The van der Waals surface area contributed by atoms with E-state index < -0.39 is 5.69 Å². The average molecular weight is 340 g/mol. The molecule has 0 aliphatic carbocycles. The molecule has 0 saturated carbocycles. The lowest BCUT2D eigenvalue weighted by molar-refractivity contribution is 0.475. The van der Waals surface area contributed by atoms with E-state index in [0.29, 0.717) is 17.0 Å². The van der Waals surface area contributed by atoms with E-state index in [2.05, 4.69) is 9.97 Å². The summed E-state index contributed by atoms with van der Waals surface area (Å²) in [6, 6.07) is 22.8. The van der Waals surface area contributed by atoms with Crippen molar-refractivity contribution < 1.29 is 5.11 Å². The third-order valence-corrected chi connectivity index (χ3v) is 4.21. The summed E-state index contributed by atoms with van der Waals surface area (Å²) < 4.78 is 0. The fourth-order valence-corrected chi connectivity index (χ4v) is 2.96. The summed E-state index contributed by atoms with van der Waals surface area (Å²) in [4.78, 5) is 18.7. The van der Waals surface area contributed by atoms with Crippen molar-refractivity contribution in [1.82, 2.24) is 9.97 Å². The molecule has 4 heteroatoms. The van der Waals surface area contributed by atoms with Crippen LogP contribution in [0.2, 0.25) is 0 Å². The molecule has 2 N–H and O–H groups in total. The van der Waals surface area contributed by atoms with Gasteiger partial charge in [0.1, 0.15) is 5.75 Å². The molecular weight excluding hydrogens is 324 g/mol. The number of phenols is 1. The van der Waals surface area contributed by atoms with Crippen molar-refractivity contribution in [2.45, 2.75) is 0 Å². The highest BCUT2D eigenvalue weighted by molar-refractivity contribution is 5.95. The normalized spacial score (nSPS) is 11.2. The van der Waals surface area contributed by atoms with Crippen molar-refractivity contribution in [3.05, 3.63) is 94.5 Å². The molecule has 1 aromatic heterocycles. The number of benzene rings is 3. The van der Waals surface area contributed by atoms with Crippen LogP contribution < -0.4 is 5.69 Å². The van der Waals surface area contributed by atoms with Crippen molar-refractivity contribution in [3.63, 3.8) is 0 Å². The summed E-state index contributed by atoms with van der Waals surface area (Å²) in [6.45, 7) is 0. The van der Waals surface area contributed by atoms with E-state index in [1.54, 1.807) is 18.2 Å². The summed E-state index contributed by atoms with van der Waals surface area (Å²) in [5.41, 5.74) is 2.41. The smallest absolute Gasteiger partial charge is 0.345 e. The molecule has 4 rings (SSSR count). The lowest BCUT2D eigenvalue weighted by atomic mass is 10.0. The quantitative estimate of drug-likeness (QED) is 0.578. The van der Waals surface area contributed by atoms with Crippen LogP contribution in [0.4, 0.5) is 0 Å². The minimum Gasteiger partial charge on any atom is -0.507 e. The minimum absolute atomic E-state index is 0.194. The van der Waals surface area contributed by atoms with Gasteiger partial charge in [0.2, 0.25) is 0 Å². The maximum atomic E-state index is 11.9. The zero-order valence-electron chi connectivity index (χ0n) is 13.9. The highest BCUT2D eigenvalue weighted by Crippen LogP contribution is 2.28. The number of nitrogens with zero attached hydrogens (tertiary/aromatic N) is 1. The van der Waals surface area contributed by atoms with Crippen LogP contribution in [0.25, 0.3) is 34.2 Å². The van der Waals surface area contributed by atoms with Gasteiger partial charge in [-0.15, -0.1) is 0 Å². The molecule has 4 aromatic rings. The summed E-state index contributed by atoms with van der Waals surface area (Å²) in [5.74, 6) is 0.194.